The van der Waals surface area contributed by atoms with Crippen molar-refractivity contribution in [2.75, 3.05) is 11.1 Å². The second-order valence-corrected chi connectivity index (χ2v) is 9.25. The van der Waals surface area contributed by atoms with Gasteiger partial charge in [0.1, 0.15) is 5.76 Å². The molecule has 1 N–H and O–H groups in total. The third-order valence-corrected chi connectivity index (χ3v) is 6.09. The van der Waals surface area contributed by atoms with Crippen molar-refractivity contribution in [2.45, 2.75) is 32.3 Å². The topological polar surface area (TPSA) is 90.0 Å². The van der Waals surface area contributed by atoms with E-state index in [4.69, 9.17) is 4.42 Å². The molecular formula is C26H26N4O3S. The number of hydrogen-bond donors (Lipinski definition) is 1. The van der Waals surface area contributed by atoms with Gasteiger partial charge in [0.2, 0.25) is 5.91 Å². The van der Waals surface area contributed by atoms with Crippen molar-refractivity contribution in [3.8, 4) is 17.1 Å². The second-order valence-electron chi connectivity index (χ2n) is 8.30. The molecule has 4 aromatic rings. The van der Waals surface area contributed by atoms with Gasteiger partial charge < -0.3 is 9.73 Å². The number of para-hydroxylation sites is 1. The van der Waals surface area contributed by atoms with Crippen LogP contribution in [0.4, 0.5) is 5.69 Å². The van der Waals surface area contributed by atoms with Crippen LogP contribution in [0.25, 0.3) is 17.1 Å². The monoisotopic (exact) mass is 474 g/mol. The number of amides is 1. The van der Waals surface area contributed by atoms with Crippen molar-refractivity contribution in [2.24, 2.45) is 5.92 Å². The quantitative estimate of drug-likeness (QED) is 0.244. The molecule has 8 heteroatoms. The Morgan fingerprint density at radius 3 is 2.41 bits per heavy atom. The summed E-state index contributed by atoms with van der Waals surface area (Å²) in [5, 5.41) is 12.2. The molecule has 2 heterocycles. The van der Waals surface area contributed by atoms with E-state index in [-0.39, 0.29) is 23.4 Å². The zero-order valence-electron chi connectivity index (χ0n) is 19.3. The van der Waals surface area contributed by atoms with Gasteiger partial charge in [0.05, 0.1) is 17.6 Å². The maximum absolute atomic E-state index is 12.9. The molecule has 4 rings (SSSR count). The molecule has 0 atom stereocenters. The van der Waals surface area contributed by atoms with Gasteiger partial charge in [-0.05, 0) is 55.3 Å². The number of aromatic nitrogens is 3. The fraction of sp³-hybridized carbons (Fsp3) is 0.231. The van der Waals surface area contributed by atoms with Crippen LogP contribution < -0.4 is 5.32 Å². The normalized spacial score (nSPS) is 11.1. The molecule has 34 heavy (non-hydrogen) atoms. The molecule has 0 fully saturated rings. The summed E-state index contributed by atoms with van der Waals surface area (Å²) < 4.78 is 7.39. The van der Waals surface area contributed by atoms with Crippen LogP contribution in [-0.2, 0) is 4.79 Å². The van der Waals surface area contributed by atoms with Gasteiger partial charge in [-0.15, -0.1) is 10.2 Å². The number of benzene rings is 2. The number of nitrogens with one attached hydrogen (secondary N) is 1. The summed E-state index contributed by atoms with van der Waals surface area (Å²) in [6, 6.07) is 18.6. The Bertz CT molecular complexity index is 1280. The third-order valence-electron chi connectivity index (χ3n) is 5.16. The molecule has 0 bridgehead atoms. The first kappa shape index (κ1) is 23.5. The van der Waals surface area contributed by atoms with Crippen molar-refractivity contribution < 1.29 is 14.0 Å². The summed E-state index contributed by atoms with van der Waals surface area (Å²) in [6.07, 6.45) is 2.08. The molecule has 7 nitrogen and oxygen atoms in total. The molecule has 2 aromatic heterocycles. The number of nitrogens with zero attached hydrogens (tertiary/aromatic N) is 3. The summed E-state index contributed by atoms with van der Waals surface area (Å²) in [5.41, 5.74) is 3.01. The minimum absolute atomic E-state index is 0.0336. The lowest BCUT2D eigenvalue weighted by atomic mass is 10.1. The number of thioether (sulfide) groups is 1. The van der Waals surface area contributed by atoms with Gasteiger partial charge in [0.25, 0.3) is 0 Å². The Hall–Kier alpha value is -3.65. The smallest absolute Gasteiger partial charge is 0.224 e. The van der Waals surface area contributed by atoms with E-state index in [1.54, 1.807) is 30.5 Å². The molecule has 0 aliphatic rings. The van der Waals surface area contributed by atoms with E-state index in [9.17, 15) is 9.59 Å². The highest BCUT2D eigenvalue weighted by molar-refractivity contribution is 7.99. The lowest BCUT2D eigenvalue weighted by molar-refractivity contribution is -0.116. The standard InChI is InChI=1S/C26H26N4O3S/c1-17(2)15-24(32)27-20-11-9-19(10-12-20)23(31)16-34-26-29-28-25(22-13-14-33-18(22)3)30(26)21-7-5-4-6-8-21/h4-14,17H,15-16H2,1-3H3,(H,27,32). The summed E-state index contributed by atoms with van der Waals surface area (Å²) >= 11 is 1.33. The van der Waals surface area contributed by atoms with Crippen LogP contribution in [0.5, 0.6) is 0 Å². The first-order chi connectivity index (χ1) is 16.4. The van der Waals surface area contributed by atoms with Crippen LogP contribution in [0.15, 0.2) is 76.5 Å². The Labute approximate surface area is 202 Å². The number of aryl methyl sites for hydroxylation is 1. The first-order valence-electron chi connectivity index (χ1n) is 11.0. The van der Waals surface area contributed by atoms with E-state index in [1.165, 1.54) is 11.8 Å². The molecule has 0 aliphatic heterocycles. The van der Waals surface area contributed by atoms with Crippen LogP contribution in [0.1, 0.15) is 36.4 Å². The second kappa shape index (κ2) is 10.5. The summed E-state index contributed by atoms with van der Waals surface area (Å²) in [7, 11) is 0. The average molecular weight is 475 g/mol. The van der Waals surface area contributed by atoms with Gasteiger partial charge in [0, 0.05) is 23.4 Å². The number of carbonyl (C=O) groups is 2. The Kier molecular flexibility index (Phi) is 7.27. The van der Waals surface area contributed by atoms with Crippen molar-refractivity contribution >= 4 is 29.1 Å². The number of furan rings is 1. The van der Waals surface area contributed by atoms with Gasteiger partial charge in [-0.25, -0.2) is 0 Å². The molecule has 0 saturated carbocycles. The van der Waals surface area contributed by atoms with E-state index in [2.05, 4.69) is 15.5 Å². The van der Waals surface area contributed by atoms with Crippen molar-refractivity contribution in [3.05, 3.63) is 78.3 Å². The zero-order valence-corrected chi connectivity index (χ0v) is 20.1. The van der Waals surface area contributed by atoms with Gasteiger partial charge in [-0.1, -0.05) is 43.8 Å². The molecule has 0 saturated heterocycles. The molecule has 1 amide bonds. The fourth-order valence-electron chi connectivity index (χ4n) is 3.50. The molecule has 0 radical (unpaired) electrons. The number of anilines is 1. The number of rotatable bonds is 9. The number of carbonyl (C=O) groups excluding carboxylic acids is 2. The summed E-state index contributed by atoms with van der Waals surface area (Å²) in [4.78, 5) is 24.8. The minimum atomic E-state index is -0.0338. The van der Waals surface area contributed by atoms with E-state index >= 15 is 0 Å². The molecule has 0 aliphatic carbocycles. The SMILES string of the molecule is Cc1occc1-c1nnc(SCC(=O)c2ccc(NC(=O)CC(C)C)cc2)n1-c1ccccc1. The summed E-state index contributed by atoms with van der Waals surface area (Å²) in [5.74, 6) is 1.83. The first-order valence-corrected chi connectivity index (χ1v) is 12.0. The predicted molar refractivity (Wildman–Crippen MR) is 133 cm³/mol. The highest BCUT2D eigenvalue weighted by Gasteiger charge is 2.20. The average Bonchev–Trinajstić information content (AvgIpc) is 3.43. The number of hydrogen-bond acceptors (Lipinski definition) is 6. The van der Waals surface area contributed by atoms with Gasteiger partial charge >= 0.3 is 0 Å². The zero-order chi connectivity index (χ0) is 24.1. The molecule has 174 valence electrons. The Morgan fingerprint density at radius 2 is 1.76 bits per heavy atom. The van der Waals surface area contributed by atoms with Crippen molar-refractivity contribution in [3.63, 3.8) is 0 Å². The van der Waals surface area contributed by atoms with Gasteiger partial charge in [0.15, 0.2) is 16.8 Å². The molecule has 0 unspecified atom stereocenters. The number of ketones is 1. The van der Waals surface area contributed by atoms with Crippen molar-refractivity contribution in [1.82, 2.24) is 14.8 Å². The lowest BCUT2D eigenvalue weighted by Crippen LogP contribution is -2.14. The Balaban J connectivity index is 1.49. The highest BCUT2D eigenvalue weighted by atomic mass is 32.2. The van der Waals surface area contributed by atoms with Crippen LogP contribution >= 0.6 is 11.8 Å². The highest BCUT2D eigenvalue weighted by Crippen LogP contribution is 2.30. The summed E-state index contributed by atoms with van der Waals surface area (Å²) in [6.45, 7) is 5.87. The van der Waals surface area contributed by atoms with E-state index < -0.39 is 0 Å². The van der Waals surface area contributed by atoms with E-state index in [0.29, 0.717) is 28.7 Å². The lowest BCUT2D eigenvalue weighted by Gasteiger charge is -2.10. The minimum Gasteiger partial charge on any atom is -0.469 e. The van der Waals surface area contributed by atoms with Crippen molar-refractivity contribution in [1.29, 1.82) is 0 Å². The molecule has 2 aromatic carbocycles. The molecular weight excluding hydrogens is 448 g/mol. The largest absolute Gasteiger partial charge is 0.469 e. The maximum Gasteiger partial charge on any atom is 0.224 e. The van der Waals surface area contributed by atoms with Gasteiger partial charge in [-0.2, -0.15) is 0 Å². The van der Waals surface area contributed by atoms with Crippen LogP contribution in [0, 0.1) is 12.8 Å². The Morgan fingerprint density at radius 1 is 1.03 bits per heavy atom. The number of Topliss-reactive ketones (excluding diaryl/α,β-unsaturated/α-hetero) is 1. The predicted octanol–water partition coefficient (Wildman–Crippen LogP) is 5.80. The fourth-order valence-corrected chi connectivity index (χ4v) is 4.35. The van der Waals surface area contributed by atoms with E-state index in [1.807, 2.05) is 61.7 Å². The van der Waals surface area contributed by atoms with Crippen LogP contribution in [-0.4, -0.2) is 32.2 Å². The van der Waals surface area contributed by atoms with Crippen LogP contribution in [0.3, 0.4) is 0 Å². The van der Waals surface area contributed by atoms with Gasteiger partial charge in [-0.3, -0.25) is 14.2 Å². The van der Waals surface area contributed by atoms with Crippen LogP contribution in [0.2, 0.25) is 0 Å². The molecule has 0 spiro atoms. The maximum atomic E-state index is 12.9. The third kappa shape index (κ3) is 5.46. The van der Waals surface area contributed by atoms with E-state index in [0.717, 1.165) is 17.0 Å².